The number of piperidine rings is 2. The van der Waals surface area contributed by atoms with Gasteiger partial charge in [0.1, 0.15) is 28.9 Å². The van der Waals surface area contributed by atoms with Crippen LogP contribution in [0.5, 0.6) is 11.5 Å². The van der Waals surface area contributed by atoms with Crippen LogP contribution in [-0.4, -0.2) is 176 Å². The van der Waals surface area contributed by atoms with Gasteiger partial charge >= 0.3 is 0 Å². The number of carbonyl (C=O) groups is 4. The van der Waals surface area contributed by atoms with Crippen LogP contribution < -0.4 is 25.0 Å². The molecule has 12 rings (SSSR count). The van der Waals surface area contributed by atoms with Gasteiger partial charge in [0.25, 0.3) is 27.5 Å². The number of nitro benzene ring substituents is 1. The van der Waals surface area contributed by atoms with Crippen LogP contribution in [0.25, 0.3) is 16.6 Å². The summed E-state index contributed by atoms with van der Waals surface area (Å²) in [6.07, 6.45) is 8.75. The Kier molecular flexibility index (Phi) is 18.4. The summed E-state index contributed by atoms with van der Waals surface area (Å²) in [5.41, 5.74) is 7.61. The van der Waals surface area contributed by atoms with E-state index in [1.54, 1.807) is 41.4 Å². The molecule has 90 heavy (non-hydrogen) atoms. The maximum absolute atomic E-state index is 14.2. The van der Waals surface area contributed by atoms with Crippen LogP contribution in [0.1, 0.15) is 96.2 Å². The second-order valence-electron chi connectivity index (χ2n) is 25.3. The second kappa shape index (κ2) is 26.7. The van der Waals surface area contributed by atoms with E-state index < -0.39 is 43.4 Å². The summed E-state index contributed by atoms with van der Waals surface area (Å²) in [5, 5.41) is 19.6. The number of rotatable bonds is 18. The smallest absolute Gasteiger partial charge is 0.293 e. The van der Waals surface area contributed by atoms with E-state index in [4.69, 9.17) is 16.3 Å². The van der Waals surface area contributed by atoms with Gasteiger partial charge in [-0.15, -0.1) is 0 Å². The number of H-pyrrole nitrogens is 1. The van der Waals surface area contributed by atoms with Gasteiger partial charge in [-0.1, -0.05) is 61.1 Å². The zero-order valence-corrected chi connectivity index (χ0v) is 52.3. The first kappa shape index (κ1) is 62.0. The third-order valence-corrected chi connectivity index (χ3v) is 20.2. The van der Waals surface area contributed by atoms with Crippen LogP contribution in [0.15, 0.2) is 114 Å². The maximum Gasteiger partial charge on any atom is 0.293 e. The number of aromatic amines is 1. The number of nitrogens with zero attached hydrogens (tertiary/aromatic N) is 8. The Labute approximate surface area is 529 Å². The molecule has 4 saturated heterocycles. The number of anilines is 2. The van der Waals surface area contributed by atoms with Crippen molar-refractivity contribution in [3.05, 3.63) is 152 Å². The molecule has 1 atom stereocenters. The molecular formula is C67H75ClN12O9S. The number of ether oxygens (including phenoxy) is 1. The minimum Gasteiger partial charge on any atom is -0.455 e. The Bertz CT molecular complexity index is 3950. The molecule has 4 amide bonds. The first-order valence-electron chi connectivity index (χ1n) is 31.1. The number of aromatic nitrogens is 2. The van der Waals surface area contributed by atoms with Crippen LogP contribution in [0, 0.1) is 33.3 Å². The van der Waals surface area contributed by atoms with Crippen molar-refractivity contribution in [3.63, 3.8) is 0 Å². The lowest BCUT2D eigenvalue weighted by Gasteiger charge is -2.39. The largest absolute Gasteiger partial charge is 0.455 e. The molecule has 0 saturated carbocycles. The predicted molar refractivity (Wildman–Crippen MR) is 345 cm³/mol. The number of likely N-dealkylation sites (tertiary alicyclic amines) is 1. The van der Waals surface area contributed by atoms with Gasteiger partial charge in [-0.2, -0.15) is 0 Å². The van der Waals surface area contributed by atoms with E-state index in [1.165, 1.54) is 35.0 Å². The van der Waals surface area contributed by atoms with Crippen molar-refractivity contribution in [2.75, 3.05) is 108 Å². The van der Waals surface area contributed by atoms with Gasteiger partial charge in [0.05, 0.1) is 28.1 Å². The van der Waals surface area contributed by atoms with Gasteiger partial charge < -0.3 is 29.7 Å². The Morgan fingerprint density at radius 3 is 2.36 bits per heavy atom. The van der Waals surface area contributed by atoms with Gasteiger partial charge in [-0.3, -0.25) is 49.3 Å². The molecule has 6 aliphatic rings. The predicted octanol–water partition coefficient (Wildman–Crippen LogP) is 8.38. The number of nitro groups is 1. The van der Waals surface area contributed by atoms with Crippen molar-refractivity contribution in [2.45, 2.75) is 76.3 Å². The lowest BCUT2D eigenvalue weighted by Crippen LogP contribution is -2.52. The molecule has 23 heteroatoms. The Morgan fingerprint density at radius 2 is 1.60 bits per heavy atom. The monoisotopic (exact) mass is 1260 g/mol. The van der Waals surface area contributed by atoms with Crippen LogP contribution >= 0.6 is 11.6 Å². The zero-order valence-electron chi connectivity index (χ0n) is 50.8. The fourth-order valence-corrected chi connectivity index (χ4v) is 14.4. The third kappa shape index (κ3) is 14.4. The van der Waals surface area contributed by atoms with Crippen molar-refractivity contribution in [3.8, 4) is 23.3 Å². The number of carbonyl (C=O) groups excluding carboxylic acids is 4. The fourth-order valence-electron chi connectivity index (χ4n) is 13.3. The number of piperazine rings is 2. The molecule has 0 radical (unpaired) electrons. The minimum absolute atomic E-state index is 0.0495. The highest BCUT2D eigenvalue weighted by Gasteiger charge is 2.40. The summed E-state index contributed by atoms with van der Waals surface area (Å²) in [6, 6.07) is 25.3. The highest BCUT2D eigenvalue weighted by Crippen LogP contribution is 2.44. The molecule has 470 valence electrons. The fraction of sp³-hybridized carbons (Fsp3) is 0.418. The van der Waals surface area contributed by atoms with Gasteiger partial charge in [0, 0.05) is 137 Å². The summed E-state index contributed by atoms with van der Waals surface area (Å²) >= 11 is 6.28. The average Bonchev–Trinajstić information content (AvgIpc) is 1.64. The van der Waals surface area contributed by atoms with Crippen LogP contribution in [0.3, 0.4) is 0 Å². The number of allylic oxidation sites excluding steroid dienone is 1. The molecule has 0 spiro atoms. The number of nitrogens with one attached hydrogen (secondary N) is 4. The first-order valence-corrected chi connectivity index (χ1v) is 33.0. The van der Waals surface area contributed by atoms with Crippen molar-refractivity contribution < 1.29 is 37.3 Å². The summed E-state index contributed by atoms with van der Waals surface area (Å²) in [7, 11) is -4.62. The molecule has 5 aliphatic heterocycles. The number of sulfonamides is 1. The van der Waals surface area contributed by atoms with E-state index in [1.807, 2.05) is 30.3 Å². The average molecular weight is 1260 g/mol. The normalized spacial score (nSPS) is 19.8. The molecule has 4 fully saturated rings. The van der Waals surface area contributed by atoms with Crippen LogP contribution in [-0.2, 0) is 26.2 Å². The number of hydrogen-bond acceptors (Lipinski definition) is 16. The first-order chi connectivity index (χ1) is 43.4. The number of halogens is 1. The second-order valence-corrected chi connectivity index (χ2v) is 27.4. The van der Waals surface area contributed by atoms with E-state index in [0.29, 0.717) is 49.6 Å². The third-order valence-electron chi connectivity index (χ3n) is 18.6. The quantitative estimate of drug-likeness (QED) is 0.0274. The molecule has 4 N–H and O–H groups in total. The molecule has 21 nitrogen and oxygen atoms in total. The number of hydrogen-bond donors (Lipinski definition) is 4. The van der Waals surface area contributed by atoms with Crippen molar-refractivity contribution in [1.82, 2.24) is 44.5 Å². The van der Waals surface area contributed by atoms with Gasteiger partial charge in [-0.25, -0.2) is 18.1 Å². The number of benzene rings is 4. The summed E-state index contributed by atoms with van der Waals surface area (Å²) in [6.45, 7) is 17.2. The SMILES string of the molecule is CC1(C)CCC(CN2CCN(c3ccc(C(=O)NS(=O)(=O)c4ccc(NCC5CCN(CCN6CCN(CC#Cc7cccc8c7CN(C7CCC(=O)NC7=O)C8=O)CC6)CC5)c([N+](=O)[O-])c4)c(Oc4cnc5[nH]ccc5c4)c3)CC2)=C(c2ccc(Cl)cc2)C1. The van der Waals surface area contributed by atoms with Crippen molar-refractivity contribution in [2.24, 2.45) is 11.3 Å². The van der Waals surface area contributed by atoms with E-state index in [-0.39, 0.29) is 53.1 Å². The Morgan fingerprint density at radius 1 is 0.856 bits per heavy atom. The van der Waals surface area contributed by atoms with Crippen LogP contribution in [0.2, 0.25) is 5.02 Å². The standard InChI is InChI=1S/C67H75ClN12O9S/c1-67(2)22-18-49(56(40-67)47-8-10-50(68)11-9-47)43-77-33-35-78(36-34-77)51-12-14-55(61(38-51)89-52-37-48-19-23-69-63(48)71-42-52)64(82)73-90(87,88)53-13-15-58(60(39-53)80(85)86)70-41-45-20-25-75(26-21-45)29-32-76-30-27-74(28-31-76)24-4-6-46-5-3-7-54-57(46)44-79(66(54)84)59-16-17-62(81)72-65(59)83/h3,5,7-15,19,23,37-39,42,45,59,70H,16-18,20-22,24-36,40-41,43-44H2,1-2H3,(H,69,71)(H,73,82)(H,72,81,83). The summed E-state index contributed by atoms with van der Waals surface area (Å²) < 4.78 is 36.6. The molecule has 0 bridgehead atoms. The summed E-state index contributed by atoms with van der Waals surface area (Å²) in [4.78, 5) is 84.2. The maximum atomic E-state index is 14.2. The Balaban J connectivity index is 0.618. The number of amides is 4. The highest BCUT2D eigenvalue weighted by atomic mass is 35.5. The van der Waals surface area contributed by atoms with Gasteiger partial charge in [0.2, 0.25) is 11.8 Å². The number of imide groups is 1. The lowest BCUT2D eigenvalue weighted by molar-refractivity contribution is -0.384. The molecule has 6 aromatic rings. The minimum atomic E-state index is -4.62. The topological polar surface area (TPSA) is 239 Å². The Hall–Kier alpha value is -8.17. The van der Waals surface area contributed by atoms with Gasteiger partial charge in [0.15, 0.2) is 0 Å². The molecule has 4 aromatic carbocycles. The summed E-state index contributed by atoms with van der Waals surface area (Å²) in [5.74, 6) is 5.38. The van der Waals surface area contributed by atoms with E-state index >= 15 is 0 Å². The van der Waals surface area contributed by atoms with Gasteiger partial charge in [-0.05, 0) is 140 Å². The molecule has 7 heterocycles. The zero-order chi connectivity index (χ0) is 62.7. The van der Waals surface area contributed by atoms with Crippen LogP contribution in [0.4, 0.5) is 17.1 Å². The molecular weight excluding hydrogens is 1180 g/mol. The van der Waals surface area contributed by atoms with Crippen molar-refractivity contribution in [1.29, 1.82) is 0 Å². The molecule has 2 aromatic heterocycles. The number of pyridine rings is 1. The number of fused-ring (bicyclic) bond motifs is 2. The van der Waals surface area contributed by atoms with E-state index in [0.717, 1.165) is 137 Å². The lowest BCUT2D eigenvalue weighted by atomic mass is 9.72. The molecule has 1 unspecified atom stereocenters. The highest BCUT2D eigenvalue weighted by molar-refractivity contribution is 7.90. The van der Waals surface area contributed by atoms with Crippen molar-refractivity contribution >= 4 is 78.9 Å². The van der Waals surface area contributed by atoms with E-state index in [2.05, 4.69) is 87.6 Å². The molecule has 1 aliphatic carbocycles. The van der Waals surface area contributed by atoms with E-state index in [9.17, 15) is 37.7 Å².